The number of aryl methyl sites for hydroxylation is 2. The third-order valence-corrected chi connectivity index (χ3v) is 7.16. The number of sulfonamides is 1. The molecule has 0 saturated heterocycles. The molecule has 1 N–H and O–H groups in total. The number of rotatable bonds is 6. The van der Waals surface area contributed by atoms with Gasteiger partial charge in [-0.2, -0.15) is 0 Å². The molecule has 28 heavy (non-hydrogen) atoms. The van der Waals surface area contributed by atoms with E-state index >= 15 is 0 Å². The summed E-state index contributed by atoms with van der Waals surface area (Å²) in [5.74, 6) is 1.47. The third-order valence-electron chi connectivity index (χ3n) is 6.43. The Morgan fingerprint density at radius 2 is 1.86 bits per heavy atom. The van der Waals surface area contributed by atoms with Crippen LogP contribution in [0.2, 0.25) is 0 Å². The molecule has 1 aliphatic heterocycles. The van der Waals surface area contributed by atoms with E-state index < -0.39 is 10.0 Å². The van der Waals surface area contributed by atoms with E-state index in [9.17, 15) is 13.2 Å². The van der Waals surface area contributed by atoms with Gasteiger partial charge in [-0.25, -0.2) is 13.1 Å². The van der Waals surface area contributed by atoms with Crippen LogP contribution in [0.15, 0.2) is 16.9 Å². The lowest BCUT2D eigenvalue weighted by molar-refractivity contribution is -0.0103. The molecule has 0 aromatic carbocycles. The minimum Gasteiger partial charge on any atom is -0.376 e. The molecule has 0 spiro atoms. The fourth-order valence-electron chi connectivity index (χ4n) is 4.70. The maximum absolute atomic E-state index is 12.8. The van der Waals surface area contributed by atoms with Crippen molar-refractivity contribution in [3.63, 3.8) is 0 Å². The van der Waals surface area contributed by atoms with Crippen molar-refractivity contribution in [2.75, 3.05) is 12.9 Å². The average Bonchev–Trinajstić information content (AvgIpc) is 2.63. The molecule has 2 atom stereocenters. The molecule has 0 amide bonds. The van der Waals surface area contributed by atoms with Crippen molar-refractivity contribution in [3.8, 4) is 0 Å². The second-order valence-corrected chi connectivity index (χ2v) is 10.7. The highest BCUT2D eigenvalue weighted by molar-refractivity contribution is 7.88. The maximum Gasteiger partial charge on any atom is 0.254 e. The van der Waals surface area contributed by atoms with Crippen molar-refractivity contribution in [1.29, 1.82) is 0 Å². The van der Waals surface area contributed by atoms with E-state index in [4.69, 9.17) is 4.74 Å². The molecule has 0 radical (unpaired) electrons. The number of hydrogen-bond acceptors (Lipinski definition) is 4. The van der Waals surface area contributed by atoms with Crippen LogP contribution in [0.4, 0.5) is 0 Å². The number of aromatic nitrogens is 1. The molecular formula is C21H34N2O4S. The summed E-state index contributed by atoms with van der Waals surface area (Å²) in [7, 11) is -3.36. The Hall–Kier alpha value is -1.18. The molecule has 6 nitrogen and oxygen atoms in total. The molecule has 1 saturated carbocycles. The summed E-state index contributed by atoms with van der Waals surface area (Å²) in [6.45, 7) is 6.72. The number of pyridine rings is 1. The summed E-state index contributed by atoms with van der Waals surface area (Å²) in [5, 5.41) is 0. The van der Waals surface area contributed by atoms with Crippen molar-refractivity contribution < 1.29 is 13.2 Å². The van der Waals surface area contributed by atoms with Gasteiger partial charge in [0.15, 0.2) is 0 Å². The lowest BCUT2D eigenvalue weighted by Gasteiger charge is -2.37. The zero-order valence-electron chi connectivity index (χ0n) is 17.5. The van der Waals surface area contributed by atoms with Gasteiger partial charge < -0.3 is 9.30 Å². The van der Waals surface area contributed by atoms with E-state index in [0.29, 0.717) is 30.9 Å². The van der Waals surface area contributed by atoms with Crippen LogP contribution in [0, 0.1) is 18.8 Å². The van der Waals surface area contributed by atoms with Crippen LogP contribution in [-0.4, -0.2) is 38.0 Å². The van der Waals surface area contributed by atoms with E-state index in [1.54, 1.807) is 11.5 Å². The molecule has 2 heterocycles. The Bertz CT molecular complexity index is 838. The second-order valence-electron chi connectivity index (χ2n) is 8.90. The van der Waals surface area contributed by atoms with Gasteiger partial charge >= 0.3 is 0 Å². The first-order valence-corrected chi connectivity index (χ1v) is 12.3. The predicted molar refractivity (Wildman–Crippen MR) is 111 cm³/mol. The molecule has 0 bridgehead atoms. The zero-order valence-corrected chi connectivity index (χ0v) is 18.3. The monoisotopic (exact) mass is 410 g/mol. The van der Waals surface area contributed by atoms with Gasteiger partial charge in [0.05, 0.1) is 25.0 Å². The lowest BCUT2D eigenvalue weighted by Crippen LogP contribution is -2.49. The average molecular weight is 411 g/mol. The maximum atomic E-state index is 12.8. The molecule has 2 aliphatic rings. The largest absolute Gasteiger partial charge is 0.376 e. The van der Waals surface area contributed by atoms with Gasteiger partial charge in [-0.15, -0.1) is 0 Å². The van der Waals surface area contributed by atoms with Gasteiger partial charge in [0, 0.05) is 17.3 Å². The van der Waals surface area contributed by atoms with Crippen molar-refractivity contribution in [2.24, 2.45) is 11.8 Å². The number of fused-ring (bicyclic) bond motifs is 1. The van der Waals surface area contributed by atoms with E-state index in [0.717, 1.165) is 24.5 Å². The van der Waals surface area contributed by atoms with Crippen molar-refractivity contribution in [2.45, 2.75) is 77.5 Å². The molecule has 158 valence electrons. The minimum absolute atomic E-state index is 0.0467. The molecule has 7 heteroatoms. The Balaban J connectivity index is 1.77. The van der Waals surface area contributed by atoms with Crippen LogP contribution < -0.4 is 10.3 Å². The van der Waals surface area contributed by atoms with Gasteiger partial charge in [0.2, 0.25) is 10.0 Å². The Labute approximate surface area is 168 Å². The first-order valence-electron chi connectivity index (χ1n) is 10.5. The number of ether oxygens (including phenoxy) is 1. The van der Waals surface area contributed by atoms with Crippen LogP contribution in [0.1, 0.15) is 63.3 Å². The van der Waals surface area contributed by atoms with Crippen LogP contribution in [-0.2, 0) is 21.2 Å². The van der Waals surface area contributed by atoms with E-state index in [2.05, 4.69) is 18.6 Å². The van der Waals surface area contributed by atoms with Gasteiger partial charge in [0.1, 0.15) is 0 Å². The minimum atomic E-state index is -3.36. The van der Waals surface area contributed by atoms with Gasteiger partial charge in [-0.05, 0) is 63.4 Å². The highest BCUT2D eigenvalue weighted by Gasteiger charge is 2.33. The van der Waals surface area contributed by atoms with Crippen LogP contribution >= 0.6 is 0 Å². The number of hydrogen-bond donors (Lipinski definition) is 1. The summed E-state index contributed by atoms with van der Waals surface area (Å²) in [4.78, 5) is 12.8. The topological polar surface area (TPSA) is 77.4 Å². The normalized spacial score (nSPS) is 28.3. The molecule has 1 aromatic heterocycles. The smallest absolute Gasteiger partial charge is 0.254 e. The summed E-state index contributed by atoms with van der Waals surface area (Å²) >= 11 is 0. The predicted octanol–water partition coefficient (Wildman–Crippen LogP) is 2.79. The molecule has 3 rings (SSSR count). The van der Waals surface area contributed by atoms with Crippen molar-refractivity contribution >= 4 is 10.0 Å². The summed E-state index contributed by atoms with van der Waals surface area (Å²) in [5.41, 5.74) is 1.58. The van der Waals surface area contributed by atoms with Crippen LogP contribution in [0.25, 0.3) is 0 Å². The number of nitrogens with one attached hydrogen (secondary N) is 1. The Morgan fingerprint density at radius 1 is 1.18 bits per heavy atom. The molecule has 1 aliphatic carbocycles. The Kier molecular flexibility index (Phi) is 6.67. The quantitative estimate of drug-likeness (QED) is 0.782. The lowest BCUT2D eigenvalue weighted by atomic mass is 9.80. The van der Waals surface area contributed by atoms with Gasteiger partial charge in [-0.3, -0.25) is 4.79 Å². The van der Waals surface area contributed by atoms with E-state index in [1.165, 1.54) is 19.1 Å². The standard InChI is InChI=1S/C21H34N2O4S/c1-14(2)16-6-10-18(11-7-16)27-13-20-19(22-28(4,25)26)12-9-17-8-5-15(3)21(24)23(17)20/h5,8,14,16,18-20,22H,6-7,9-13H2,1-4H3/t16?,18?,19-,20-/m0/s1. The van der Waals surface area contributed by atoms with Gasteiger partial charge in [-0.1, -0.05) is 19.9 Å². The summed E-state index contributed by atoms with van der Waals surface area (Å²) in [6.07, 6.45) is 7.14. The molecule has 0 unspecified atom stereocenters. The molecule has 1 aromatic rings. The summed E-state index contributed by atoms with van der Waals surface area (Å²) in [6, 6.07) is 3.19. The molecular weight excluding hydrogens is 376 g/mol. The van der Waals surface area contributed by atoms with E-state index in [-0.39, 0.29) is 23.7 Å². The fourth-order valence-corrected chi connectivity index (χ4v) is 5.52. The second kappa shape index (κ2) is 8.67. The zero-order chi connectivity index (χ0) is 20.5. The van der Waals surface area contributed by atoms with Crippen molar-refractivity contribution in [1.82, 2.24) is 9.29 Å². The summed E-state index contributed by atoms with van der Waals surface area (Å²) < 4.78 is 34.5. The van der Waals surface area contributed by atoms with Gasteiger partial charge in [0.25, 0.3) is 5.56 Å². The Morgan fingerprint density at radius 3 is 2.46 bits per heavy atom. The van der Waals surface area contributed by atoms with Crippen LogP contribution in [0.3, 0.4) is 0 Å². The highest BCUT2D eigenvalue weighted by Crippen LogP contribution is 2.32. The number of nitrogens with zero attached hydrogens (tertiary/aromatic N) is 1. The van der Waals surface area contributed by atoms with Crippen molar-refractivity contribution in [3.05, 3.63) is 33.7 Å². The SMILES string of the molecule is Cc1ccc2n(c1=O)[C@@H](COC1CCC(C(C)C)CC1)[C@@H](NS(C)(=O)=O)CC2. The van der Waals surface area contributed by atoms with E-state index in [1.807, 2.05) is 12.1 Å². The fraction of sp³-hybridized carbons (Fsp3) is 0.762. The first-order chi connectivity index (χ1) is 13.2. The first kappa shape index (κ1) is 21.5. The van der Waals surface area contributed by atoms with Crippen LogP contribution in [0.5, 0.6) is 0 Å². The third kappa shape index (κ3) is 5.05. The highest BCUT2D eigenvalue weighted by atomic mass is 32.2. The molecule has 1 fully saturated rings.